The van der Waals surface area contributed by atoms with Crippen LogP contribution in [-0.4, -0.2) is 31.7 Å². The molecule has 0 unspecified atom stereocenters. The average molecular weight is 371 g/mol. The lowest BCUT2D eigenvalue weighted by Crippen LogP contribution is -2.41. The van der Waals surface area contributed by atoms with Crippen LogP contribution < -0.4 is 0 Å². The molecule has 0 aliphatic carbocycles. The number of quaternary nitrogens is 1. The van der Waals surface area contributed by atoms with E-state index >= 15 is 0 Å². The van der Waals surface area contributed by atoms with Gasteiger partial charge in [-0.05, 0) is 25.7 Å². The highest BCUT2D eigenvalue weighted by atomic mass is 19.0. The van der Waals surface area contributed by atoms with Crippen LogP contribution in [0.3, 0.4) is 0 Å². The van der Waals surface area contributed by atoms with Crippen LogP contribution in [0.15, 0.2) is 0 Å². The molecule has 0 rings (SSSR count). The van der Waals surface area contributed by atoms with Crippen molar-refractivity contribution in [3.8, 4) is 0 Å². The summed E-state index contributed by atoms with van der Waals surface area (Å²) in [6.07, 6.45) is 17.1. The van der Waals surface area contributed by atoms with Gasteiger partial charge in [0.25, 0.3) is 0 Å². The molecule has 0 aromatic carbocycles. The molecule has 0 radical (unpaired) electrons. The molecule has 6 heteroatoms. The van der Waals surface area contributed by atoms with Gasteiger partial charge in [0.2, 0.25) is 0 Å². The maximum Gasteiger partial charge on any atom is 0.0782 e. The summed E-state index contributed by atoms with van der Waals surface area (Å²) in [5.41, 5.74) is 0. The maximum atomic E-state index is 2.41. The van der Waals surface area contributed by atoms with Crippen LogP contribution in [0, 0.1) is 0 Å². The predicted molar refractivity (Wildman–Crippen MR) is 101 cm³/mol. The Kier molecular flexibility index (Phi) is 44.5. The molecule has 0 heterocycles. The lowest BCUT2D eigenvalue weighted by Gasteiger charge is -2.30. The monoisotopic (exact) mass is 370 g/mol. The summed E-state index contributed by atoms with van der Waals surface area (Å²) >= 11 is 0. The van der Waals surface area contributed by atoms with Crippen molar-refractivity contribution in [2.75, 3.05) is 27.2 Å². The molecule has 1 nitrogen and oxygen atoms in total. The Labute approximate surface area is 147 Å². The third kappa shape index (κ3) is 29.6. The van der Waals surface area contributed by atoms with Crippen molar-refractivity contribution in [1.82, 2.24) is 0 Å². The first-order chi connectivity index (χ1) is 9.12. The standard InChI is InChI=1S/C18H40N.5FH/c1-5-7-9-11-13-15-17-19(3,4)18-16-14-12-10-8-6-2;;;;;/h5-18H2,1-4H3;5*1H/q+1;;;;;. The number of rotatable bonds is 14. The van der Waals surface area contributed by atoms with E-state index in [1.54, 1.807) is 0 Å². The molecular formula is C18H45F5N+. The van der Waals surface area contributed by atoms with Gasteiger partial charge >= 0.3 is 0 Å². The topological polar surface area (TPSA) is 0 Å². The second kappa shape index (κ2) is 27.5. The van der Waals surface area contributed by atoms with E-state index < -0.39 is 0 Å². The van der Waals surface area contributed by atoms with Crippen molar-refractivity contribution < 1.29 is 28.0 Å². The maximum absolute atomic E-state index is 2.41. The molecule has 0 N–H and O–H groups in total. The third-order valence-corrected chi connectivity index (χ3v) is 4.23. The van der Waals surface area contributed by atoms with Gasteiger partial charge in [-0.2, -0.15) is 0 Å². The zero-order valence-electron chi connectivity index (χ0n) is 16.4. The zero-order chi connectivity index (χ0) is 14.4. The summed E-state index contributed by atoms with van der Waals surface area (Å²) in [7, 11) is 4.83. The molecule has 0 spiro atoms. The van der Waals surface area contributed by atoms with E-state index in [1.165, 1.54) is 94.6 Å². The first-order valence-corrected chi connectivity index (χ1v) is 8.94. The number of unbranched alkanes of at least 4 members (excludes halogenated alkanes) is 10. The van der Waals surface area contributed by atoms with E-state index in [9.17, 15) is 0 Å². The van der Waals surface area contributed by atoms with Gasteiger partial charge in [-0.3, -0.25) is 23.5 Å². The average Bonchev–Trinajstić information content (AvgIpc) is 2.38. The molecule has 0 fully saturated rings. The molecule has 156 valence electrons. The number of hydrogen-bond donors (Lipinski definition) is 0. The van der Waals surface area contributed by atoms with Crippen molar-refractivity contribution in [3.05, 3.63) is 0 Å². The SMILES string of the molecule is CCCCCCCC[N+](C)(C)CCCCCCCC.F.F.F.F.F. The Bertz CT molecular complexity index is 174. The number of halogens is 5. The highest BCUT2D eigenvalue weighted by molar-refractivity contribution is 4.46. The largest absolute Gasteiger partial charge is 0.328 e. The summed E-state index contributed by atoms with van der Waals surface area (Å²) in [6.45, 7) is 7.34. The first-order valence-electron chi connectivity index (χ1n) is 8.94. The highest BCUT2D eigenvalue weighted by Crippen LogP contribution is 2.11. The molecule has 0 atom stereocenters. The molecule has 24 heavy (non-hydrogen) atoms. The summed E-state index contributed by atoms with van der Waals surface area (Å²) in [6, 6.07) is 0. The van der Waals surface area contributed by atoms with Crippen LogP contribution >= 0.6 is 0 Å². The molecule has 0 amide bonds. The van der Waals surface area contributed by atoms with Crippen LogP contribution in [0.1, 0.15) is 90.9 Å². The molecule has 0 aliphatic heterocycles. The van der Waals surface area contributed by atoms with Gasteiger partial charge in [0.1, 0.15) is 0 Å². The smallest absolute Gasteiger partial charge is 0.0782 e. The van der Waals surface area contributed by atoms with Crippen molar-refractivity contribution in [2.24, 2.45) is 0 Å². The van der Waals surface area contributed by atoms with Crippen molar-refractivity contribution in [2.45, 2.75) is 90.9 Å². The Morgan fingerprint density at radius 3 is 0.958 bits per heavy atom. The van der Waals surface area contributed by atoms with E-state index in [-0.39, 0.29) is 23.5 Å². The fraction of sp³-hybridized carbons (Fsp3) is 1.00. The van der Waals surface area contributed by atoms with Crippen LogP contribution in [0.5, 0.6) is 0 Å². The van der Waals surface area contributed by atoms with Crippen molar-refractivity contribution in [1.29, 1.82) is 0 Å². The Morgan fingerprint density at radius 2 is 0.667 bits per heavy atom. The van der Waals surface area contributed by atoms with E-state index in [4.69, 9.17) is 0 Å². The summed E-state index contributed by atoms with van der Waals surface area (Å²) < 4.78 is 1.24. The van der Waals surface area contributed by atoms with Gasteiger partial charge in [0.15, 0.2) is 0 Å². The molecule has 0 aromatic rings. The Hall–Kier alpha value is -0.390. The molecule has 0 bridgehead atoms. The van der Waals surface area contributed by atoms with Crippen molar-refractivity contribution >= 4 is 0 Å². The normalized spacial score (nSPS) is 9.50. The molecule has 0 aliphatic rings. The fourth-order valence-corrected chi connectivity index (χ4v) is 2.75. The van der Waals surface area contributed by atoms with Gasteiger partial charge in [0.05, 0.1) is 27.2 Å². The second-order valence-electron chi connectivity index (χ2n) is 6.92. The van der Waals surface area contributed by atoms with Crippen LogP contribution in [0.25, 0.3) is 0 Å². The van der Waals surface area contributed by atoms with Crippen LogP contribution in [-0.2, 0) is 0 Å². The summed E-state index contributed by atoms with van der Waals surface area (Å²) in [5, 5.41) is 0. The van der Waals surface area contributed by atoms with Crippen molar-refractivity contribution in [3.63, 3.8) is 0 Å². The van der Waals surface area contributed by atoms with E-state index in [2.05, 4.69) is 27.9 Å². The first kappa shape index (κ1) is 38.9. The van der Waals surface area contributed by atoms with Gasteiger partial charge in [-0.1, -0.05) is 65.2 Å². The Morgan fingerprint density at radius 1 is 0.417 bits per heavy atom. The summed E-state index contributed by atoms with van der Waals surface area (Å²) in [5.74, 6) is 0. The van der Waals surface area contributed by atoms with Crippen LogP contribution in [0.2, 0.25) is 0 Å². The minimum Gasteiger partial charge on any atom is -0.328 e. The highest BCUT2D eigenvalue weighted by Gasteiger charge is 2.13. The molecular weight excluding hydrogens is 325 g/mol. The zero-order valence-corrected chi connectivity index (χ0v) is 16.4. The van der Waals surface area contributed by atoms with Gasteiger partial charge in [0, 0.05) is 0 Å². The number of nitrogens with zero attached hydrogens (tertiary/aromatic N) is 1. The van der Waals surface area contributed by atoms with Gasteiger partial charge in [-0.15, -0.1) is 0 Å². The molecule has 0 aromatic heterocycles. The van der Waals surface area contributed by atoms with Gasteiger partial charge < -0.3 is 4.48 Å². The lowest BCUT2D eigenvalue weighted by molar-refractivity contribution is -0.890. The minimum absolute atomic E-state index is 0. The third-order valence-electron chi connectivity index (χ3n) is 4.23. The number of hydrogen-bond acceptors (Lipinski definition) is 0. The minimum atomic E-state index is 0. The van der Waals surface area contributed by atoms with Gasteiger partial charge in [-0.25, -0.2) is 0 Å². The predicted octanol–water partition coefficient (Wildman–Crippen LogP) is 6.55. The molecule has 0 saturated carbocycles. The Balaban J connectivity index is -0.000000162. The van der Waals surface area contributed by atoms with E-state index in [0.29, 0.717) is 0 Å². The van der Waals surface area contributed by atoms with Crippen LogP contribution in [0.4, 0.5) is 23.5 Å². The fourth-order valence-electron chi connectivity index (χ4n) is 2.75. The van der Waals surface area contributed by atoms with E-state index in [1.807, 2.05) is 0 Å². The summed E-state index contributed by atoms with van der Waals surface area (Å²) in [4.78, 5) is 0. The van der Waals surface area contributed by atoms with E-state index in [0.717, 1.165) is 0 Å². The molecule has 0 saturated heterocycles. The quantitative estimate of drug-likeness (QED) is 0.185. The lowest BCUT2D eigenvalue weighted by atomic mass is 10.1. The second-order valence-corrected chi connectivity index (χ2v) is 6.92.